The zero-order chi connectivity index (χ0) is 7.78. The van der Waals surface area contributed by atoms with Gasteiger partial charge in [0.15, 0.2) is 0 Å². The van der Waals surface area contributed by atoms with Crippen LogP contribution in [0.5, 0.6) is 0 Å². The predicted molar refractivity (Wildman–Crippen MR) is 39.4 cm³/mol. The number of carbonyl (C=O) groups excluding carboxylic acids is 1. The number of nitrogens with one attached hydrogen (secondary N) is 1. The molecule has 3 heteroatoms. The van der Waals surface area contributed by atoms with Crippen LogP contribution in [0.2, 0.25) is 0 Å². The lowest BCUT2D eigenvalue weighted by atomic mass is 10.0. The molecule has 0 unspecified atom stereocenters. The third-order valence-corrected chi connectivity index (χ3v) is 2.19. The topological polar surface area (TPSA) is 55.1 Å². The molecule has 0 aromatic heterocycles. The summed E-state index contributed by atoms with van der Waals surface area (Å²) in [6, 6.07) is 0.428. The van der Waals surface area contributed by atoms with Gasteiger partial charge in [-0.25, -0.2) is 0 Å². The molecule has 1 saturated heterocycles. The van der Waals surface area contributed by atoms with Crippen LogP contribution in [-0.2, 0) is 4.79 Å². The Kier molecular flexibility index (Phi) is 1.68. The van der Waals surface area contributed by atoms with Crippen molar-refractivity contribution in [1.29, 1.82) is 0 Å². The van der Waals surface area contributed by atoms with Gasteiger partial charge in [-0.1, -0.05) is 0 Å². The van der Waals surface area contributed by atoms with Crippen molar-refractivity contribution in [2.24, 2.45) is 5.73 Å². The van der Waals surface area contributed by atoms with E-state index >= 15 is 0 Å². The Balaban J connectivity index is 2.63. The highest BCUT2D eigenvalue weighted by atomic mass is 16.1. The zero-order valence-corrected chi connectivity index (χ0v) is 6.48. The lowest BCUT2D eigenvalue weighted by molar-refractivity contribution is -0.123. The highest BCUT2D eigenvalue weighted by Crippen LogP contribution is 2.21. The van der Waals surface area contributed by atoms with Gasteiger partial charge in [0.25, 0.3) is 0 Å². The summed E-state index contributed by atoms with van der Waals surface area (Å²) in [6.45, 7) is 3.92. The molecule has 58 valence electrons. The number of rotatable bonds is 1. The van der Waals surface area contributed by atoms with Gasteiger partial charge in [-0.15, -0.1) is 0 Å². The maximum absolute atomic E-state index is 10.8. The number of hydrogen-bond acceptors (Lipinski definition) is 2. The van der Waals surface area contributed by atoms with Crippen LogP contribution in [0.1, 0.15) is 26.7 Å². The fourth-order valence-electron chi connectivity index (χ4n) is 1.39. The average molecular weight is 142 g/mol. The third-order valence-electron chi connectivity index (χ3n) is 2.19. The van der Waals surface area contributed by atoms with Crippen LogP contribution in [0.25, 0.3) is 0 Å². The Bertz CT molecular complexity index is 158. The van der Waals surface area contributed by atoms with Crippen molar-refractivity contribution in [3.63, 3.8) is 0 Å². The first-order valence-electron chi connectivity index (χ1n) is 3.62. The molecule has 1 aliphatic rings. The minimum atomic E-state index is -0.445. The summed E-state index contributed by atoms with van der Waals surface area (Å²) >= 11 is 0. The summed E-state index contributed by atoms with van der Waals surface area (Å²) in [5.41, 5.74) is 4.75. The minimum absolute atomic E-state index is 0.239. The number of hydrogen-bond donors (Lipinski definition) is 2. The smallest absolute Gasteiger partial charge is 0.237 e. The lowest BCUT2D eigenvalue weighted by Crippen LogP contribution is -2.50. The monoisotopic (exact) mass is 142 g/mol. The molecule has 3 N–H and O–H groups in total. The van der Waals surface area contributed by atoms with Crippen molar-refractivity contribution in [1.82, 2.24) is 5.32 Å². The van der Waals surface area contributed by atoms with E-state index in [1.807, 2.05) is 6.92 Å². The SMILES string of the molecule is C[C@H]1CC[C@@](C)(C(N)=O)N1. The molecule has 1 rings (SSSR count). The average Bonchev–Trinajstić information content (AvgIpc) is 2.13. The third kappa shape index (κ3) is 1.14. The fourth-order valence-corrected chi connectivity index (χ4v) is 1.39. The molecular weight excluding hydrogens is 128 g/mol. The van der Waals surface area contributed by atoms with Crippen LogP contribution in [0.4, 0.5) is 0 Å². The Hall–Kier alpha value is -0.570. The van der Waals surface area contributed by atoms with E-state index in [4.69, 9.17) is 5.73 Å². The van der Waals surface area contributed by atoms with E-state index in [9.17, 15) is 4.79 Å². The Morgan fingerprint density at radius 3 is 2.60 bits per heavy atom. The van der Waals surface area contributed by atoms with Gasteiger partial charge in [-0.3, -0.25) is 4.79 Å². The molecule has 1 amide bonds. The quantitative estimate of drug-likeness (QED) is 0.541. The largest absolute Gasteiger partial charge is 0.368 e. The Labute approximate surface area is 61.0 Å². The van der Waals surface area contributed by atoms with Gasteiger partial charge in [-0.05, 0) is 26.7 Å². The second-order valence-electron chi connectivity index (χ2n) is 3.28. The summed E-state index contributed by atoms with van der Waals surface area (Å²) in [5, 5.41) is 3.16. The Morgan fingerprint density at radius 2 is 2.40 bits per heavy atom. The van der Waals surface area contributed by atoms with Gasteiger partial charge in [0.1, 0.15) is 0 Å². The first-order valence-corrected chi connectivity index (χ1v) is 3.62. The van der Waals surface area contributed by atoms with Crippen molar-refractivity contribution in [2.45, 2.75) is 38.3 Å². The maximum Gasteiger partial charge on any atom is 0.237 e. The van der Waals surface area contributed by atoms with Gasteiger partial charge in [0.05, 0.1) is 5.54 Å². The summed E-state index contributed by atoms with van der Waals surface area (Å²) in [5.74, 6) is -0.239. The first-order chi connectivity index (χ1) is 4.54. The Morgan fingerprint density at radius 1 is 1.80 bits per heavy atom. The number of primary amides is 1. The molecule has 0 aromatic carbocycles. The minimum Gasteiger partial charge on any atom is -0.368 e. The molecule has 0 spiro atoms. The van der Waals surface area contributed by atoms with E-state index in [-0.39, 0.29) is 5.91 Å². The van der Waals surface area contributed by atoms with Crippen LogP contribution in [0, 0.1) is 0 Å². The number of carbonyl (C=O) groups is 1. The van der Waals surface area contributed by atoms with Crippen molar-refractivity contribution in [3.05, 3.63) is 0 Å². The molecule has 0 aliphatic carbocycles. The highest BCUT2D eigenvalue weighted by molar-refractivity contribution is 5.84. The van der Waals surface area contributed by atoms with Crippen LogP contribution in [0.3, 0.4) is 0 Å². The maximum atomic E-state index is 10.8. The predicted octanol–water partition coefficient (Wildman–Crippen LogP) is 0.00230. The number of amides is 1. The van der Waals surface area contributed by atoms with Gasteiger partial charge in [-0.2, -0.15) is 0 Å². The summed E-state index contributed by atoms with van der Waals surface area (Å²) in [4.78, 5) is 10.8. The van der Waals surface area contributed by atoms with E-state index in [2.05, 4.69) is 12.2 Å². The molecule has 1 fully saturated rings. The second-order valence-corrected chi connectivity index (χ2v) is 3.28. The summed E-state index contributed by atoms with van der Waals surface area (Å²) < 4.78 is 0. The molecule has 0 aromatic rings. The molecule has 10 heavy (non-hydrogen) atoms. The summed E-state index contributed by atoms with van der Waals surface area (Å²) in [6.07, 6.45) is 1.91. The summed E-state index contributed by atoms with van der Waals surface area (Å²) in [7, 11) is 0. The number of nitrogens with two attached hydrogens (primary N) is 1. The highest BCUT2D eigenvalue weighted by Gasteiger charge is 2.37. The molecule has 1 aliphatic heterocycles. The zero-order valence-electron chi connectivity index (χ0n) is 6.48. The molecule has 0 radical (unpaired) electrons. The van der Waals surface area contributed by atoms with Crippen molar-refractivity contribution in [2.75, 3.05) is 0 Å². The van der Waals surface area contributed by atoms with Gasteiger partial charge < -0.3 is 11.1 Å². The van der Waals surface area contributed by atoms with E-state index < -0.39 is 5.54 Å². The van der Waals surface area contributed by atoms with E-state index in [1.165, 1.54) is 0 Å². The van der Waals surface area contributed by atoms with Crippen LogP contribution >= 0.6 is 0 Å². The van der Waals surface area contributed by atoms with E-state index in [1.54, 1.807) is 0 Å². The lowest BCUT2D eigenvalue weighted by Gasteiger charge is -2.20. The standard InChI is InChI=1S/C7H14N2O/c1-5-3-4-7(2,9-5)6(8)10/h5,9H,3-4H2,1-2H3,(H2,8,10)/t5-,7-/m0/s1. The van der Waals surface area contributed by atoms with Crippen molar-refractivity contribution >= 4 is 5.91 Å². The normalized spacial score (nSPS) is 40.0. The van der Waals surface area contributed by atoms with Crippen LogP contribution in [0.15, 0.2) is 0 Å². The van der Waals surface area contributed by atoms with Gasteiger partial charge in [0.2, 0.25) is 5.91 Å². The second kappa shape index (κ2) is 2.23. The van der Waals surface area contributed by atoms with Crippen LogP contribution in [-0.4, -0.2) is 17.5 Å². The molecule has 0 bridgehead atoms. The van der Waals surface area contributed by atoms with Crippen molar-refractivity contribution < 1.29 is 4.79 Å². The van der Waals surface area contributed by atoms with Gasteiger partial charge in [0, 0.05) is 6.04 Å². The van der Waals surface area contributed by atoms with Gasteiger partial charge >= 0.3 is 0 Å². The fraction of sp³-hybridized carbons (Fsp3) is 0.857. The van der Waals surface area contributed by atoms with Crippen molar-refractivity contribution in [3.8, 4) is 0 Å². The van der Waals surface area contributed by atoms with E-state index in [0.29, 0.717) is 6.04 Å². The molecular formula is C7H14N2O. The molecule has 0 saturated carbocycles. The first kappa shape index (κ1) is 7.54. The molecule has 1 heterocycles. The molecule has 2 atom stereocenters. The van der Waals surface area contributed by atoms with Crippen LogP contribution < -0.4 is 11.1 Å². The van der Waals surface area contributed by atoms with E-state index in [0.717, 1.165) is 12.8 Å². The molecule has 3 nitrogen and oxygen atoms in total.